The summed E-state index contributed by atoms with van der Waals surface area (Å²) in [6, 6.07) is 0. The van der Waals surface area contributed by atoms with E-state index in [1.54, 1.807) is 6.92 Å². The van der Waals surface area contributed by atoms with Crippen molar-refractivity contribution in [3.63, 3.8) is 0 Å². The van der Waals surface area contributed by atoms with Gasteiger partial charge in [-0.25, -0.2) is 0 Å². The van der Waals surface area contributed by atoms with E-state index in [9.17, 15) is 24.3 Å². The van der Waals surface area contributed by atoms with Crippen LogP contribution in [0.3, 0.4) is 0 Å². The van der Waals surface area contributed by atoms with Crippen molar-refractivity contribution in [1.29, 1.82) is 0 Å². The number of hydrogen-bond donors (Lipinski definition) is 1. The van der Waals surface area contributed by atoms with Crippen LogP contribution in [0, 0.1) is 29.6 Å². The lowest BCUT2D eigenvalue weighted by Crippen LogP contribution is -2.50. The van der Waals surface area contributed by atoms with E-state index in [0.29, 0.717) is 19.3 Å². The highest BCUT2D eigenvalue weighted by Crippen LogP contribution is 2.40. The molecule has 1 aliphatic rings. The van der Waals surface area contributed by atoms with Gasteiger partial charge in [0, 0.05) is 12.3 Å². The van der Waals surface area contributed by atoms with E-state index >= 15 is 0 Å². The summed E-state index contributed by atoms with van der Waals surface area (Å²) in [4.78, 5) is 51.2. The zero-order valence-electron chi connectivity index (χ0n) is 17.0. The third-order valence-corrected chi connectivity index (χ3v) is 5.56. The van der Waals surface area contributed by atoms with Crippen molar-refractivity contribution < 1.29 is 24.3 Å². The second kappa shape index (κ2) is 9.03. The summed E-state index contributed by atoms with van der Waals surface area (Å²) >= 11 is 0. The maximum Gasteiger partial charge on any atom is 0.192 e. The van der Waals surface area contributed by atoms with Crippen LogP contribution in [0.4, 0.5) is 0 Å². The average Bonchev–Trinajstić information content (AvgIpc) is 2.76. The van der Waals surface area contributed by atoms with Crippen LogP contribution in [0.25, 0.3) is 0 Å². The van der Waals surface area contributed by atoms with Crippen molar-refractivity contribution in [1.82, 2.24) is 0 Å². The minimum Gasteiger partial charge on any atom is -0.374 e. The standard InChI is InChI=1S/C21H34O5/c1-7-14(6)18(23)17-19(24)15(10-8-12(2)3)21(26,20(17)25)16(22)11-9-13(4)5/h12-15,17,26H,7-11H2,1-6H3. The first-order valence-corrected chi connectivity index (χ1v) is 9.85. The van der Waals surface area contributed by atoms with Crippen LogP contribution >= 0.6 is 0 Å². The summed E-state index contributed by atoms with van der Waals surface area (Å²) in [5, 5.41) is 11.1. The minimum absolute atomic E-state index is 0.0373. The molecule has 0 bridgehead atoms. The van der Waals surface area contributed by atoms with E-state index < -0.39 is 46.5 Å². The van der Waals surface area contributed by atoms with Gasteiger partial charge in [-0.15, -0.1) is 0 Å². The minimum atomic E-state index is -2.34. The summed E-state index contributed by atoms with van der Waals surface area (Å²) in [5.41, 5.74) is -2.34. The Labute approximate surface area is 156 Å². The molecule has 1 rings (SSSR count). The first-order chi connectivity index (χ1) is 12.0. The highest BCUT2D eigenvalue weighted by Gasteiger charge is 2.64. The van der Waals surface area contributed by atoms with Crippen LogP contribution in [-0.4, -0.2) is 33.8 Å². The smallest absolute Gasteiger partial charge is 0.192 e. The molecule has 5 heteroatoms. The lowest BCUT2D eigenvalue weighted by Gasteiger charge is -2.26. The fraction of sp³-hybridized carbons (Fsp3) is 0.810. The van der Waals surface area contributed by atoms with Crippen molar-refractivity contribution in [3.05, 3.63) is 0 Å². The number of hydrogen-bond acceptors (Lipinski definition) is 5. The molecule has 0 amide bonds. The Kier molecular flexibility index (Phi) is 7.87. The lowest BCUT2D eigenvalue weighted by atomic mass is 9.79. The maximum atomic E-state index is 12.9. The van der Waals surface area contributed by atoms with Crippen LogP contribution < -0.4 is 0 Å². The number of aliphatic hydroxyl groups is 1. The molecule has 0 aromatic rings. The van der Waals surface area contributed by atoms with E-state index in [1.165, 1.54) is 0 Å². The molecule has 0 saturated heterocycles. The predicted octanol–water partition coefficient (Wildman–Crippen LogP) is 3.16. The molecular formula is C21H34O5. The Morgan fingerprint density at radius 2 is 1.58 bits per heavy atom. The molecule has 1 fully saturated rings. The van der Waals surface area contributed by atoms with Crippen LogP contribution in [-0.2, 0) is 19.2 Å². The zero-order chi connectivity index (χ0) is 20.2. The molecule has 0 aromatic carbocycles. The van der Waals surface area contributed by atoms with E-state index in [4.69, 9.17) is 0 Å². The summed E-state index contributed by atoms with van der Waals surface area (Å²) < 4.78 is 0. The summed E-state index contributed by atoms with van der Waals surface area (Å²) in [7, 11) is 0. The lowest BCUT2D eigenvalue weighted by molar-refractivity contribution is -0.155. The van der Waals surface area contributed by atoms with Gasteiger partial charge in [0.15, 0.2) is 28.7 Å². The van der Waals surface area contributed by atoms with Gasteiger partial charge in [0.25, 0.3) is 0 Å². The molecule has 26 heavy (non-hydrogen) atoms. The number of carbonyl (C=O) groups excluding carboxylic acids is 4. The largest absolute Gasteiger partial charge is 0.374 e. The highest BCUT2D eigenvalue weighted by molar-refractivity contribution is 6.33. The Balaban J connectivity index is 3.24. The summed E-state index contributed by atoms with van der Waals surface area (Å²) in [6.45, 7) is 11.3. The number of carbonyl (C=O) groups is 4. The quantitative estimate of drug-likeness (QED) is 0.600. The fourth-order valence-corrected chi connectivity index (χ4v) is 3.48. The van der Waals surface area contributed by atoms with Gasteiger partial charge < -0.3 is 5.11 Å². The molecular weight excluding hydrogens is 332 g/mol. The third-order valence-electron chi connectivity index (χ3n) is 5.56. The maximum absolute atomic E-state index is 12.9. The van der Waals surface area contributed by atoms with E-state index in [1.807, 2.05) is 34.6 Å². The van der Waals surface area contributed by atoms with Crippen LogP contribution in [0.1, 0.15) is 73.6 Å². The van der Waals surface area contributed by atoms with Crippen molar-refractivity contribution in [3.8, 4) is 0 Å². The number of rotatable bonds is 10. The third kappa shape index (κ3) is 4.48. The molecule has 4 atom stereocenters. The van der Waals surface area contributed by atoms with Gasteiger partial charge >= 0.3 is 0 Å². The van der Waals surface area contributed by atoms with Crippen molar-refractivity contribution >= 4 is 23.1 Å². The number of Topliss-reactive ketones (excluding diaryl/α,β-unsaturated/α-hetero) is 4. The zero-order valence-corrected chi connectivity index (χ0v) is 17.0. The van der Waals surface area contributed by atoms with E-state index in [0.717, 1.165) is 0 Å². The van der Waals surface area contributed by atoms with Gasteiger partial charge in [0.2, 0.25) is 0 Å². The Morgan fingerprint density at radius 1 is 1.04 bits per heavy atom. The van der Waals surface area contributed by atoms with Crippen LogP contribution in [0.5, 0.6) is 0 Å². The van der Waals surface area contributed by atoms with Crippen molar-refractivity contribution in [2.75, 3.05) is 0 Å². The molecule has 5 nitrogen and oxygen atoms in total. The monoisotopic (exact) mass is 366 g/mol. The van der Waals surface area contributed by atoms with Crippen molar-refractivity contribution in [2.24, 2.45) is 29.6 Å². The Hall–Kier alpha value is -1.36. The normalized spacial score (nSPS) is 27.4. The Morgan fingerprint density at radius 3 is 2.04 bits per heavy atom. The molecule has 148 valence electrons. The highest BCUT2D eigenvalue weighted by atomic mass is 16.3. The van der Waals surface area contributed by atoms with Crippen molar-refractivity contribution in [2.45, 2.75) is 79.2 Å². The van der Waals surface area contributed by atoms with E-state index in [2.05, 4.69) is 0 Å². The molecule has 0 aromatic heterocycles. The van der Waals surface area contributed by atoms with E-state index in [-0.39, 0.29) is 24.7 Å². The summed E-state index contributed by atoms with van der Waals surface area (Å²) in [5.74, 6) is -5.09. The Bertz CT molecular complexity index is 563. The first-order valence-electron chi connectivity index (χ1n) is 9.85. The SMILES string of the molecule is CCC(C)C(=O)C1C(=O)C(CCC(C)C)C(O)(C(=O)CCC(C)C)C1=O. The molecule has 0 radical (unpaired) electrons. The fourth-order valence-electron chi connectivity index (χ4n) is 3.48. The van der Waals surface area contributed by atoms with Gasteiger partial charge in [-0.05, 0) is 31.1 Å². The van der Waals surface area contributed by atoms with Gasteiger partial charge in [-0.1, -0.05) is 48.0 Å². The molecule has 1 aliphatic carbocycles. The molecule has 0 aliphatic heterocycles. The predicted molar refractivity (Wildman–Crippen MR) is 99.6 cm³/mol. The molecule has 0 spiro atoms. The van der Waals surface area contributed by atoms with Crippen LogP contribution in [0.15, 0.2) is 0 Å². The van der Waals surface area contributed by atoms with Gasteiger partial charge in [-0.2, -0.15) is 0 Å². The van der Waals surface area contributed by atoms with Gasteiger partial charge in [-0.3, -0.25) is 19.2 Å². The second-order valence-electron chi connectivity index (χ2n) is 8.56. The summed E-state index contributed by atoms with van der Waals surface area (Å²) in [6.07, 6.45) is 1.93. The molecule has 0 heterocycles. The van der Waals surface area contributed by atoms with Gasteiger partial charge in [0.05, 0.1) is 5.92 Å². The van der Waals surface area contributed by atoms with Gasteiger partial charge in [0.1, 0.15) is 5.92 Å². The molecule has 1 N–H and O–H groups in total. The molecule has 1 saturated carbocycles. The second-order valence-corrected chi connectivity index (χ2v) is 8.56. The first kappa shape index (κ1) is 22.7. The number of ketones is 4. The molecule has 4 unspecified atom stereocenters. The topological polar surface area (TPSA) is 88.5 Å². The average molecular weight is 366 g/mol. The van der Waals surface area contributed by atoms with Crippen LogP contribution in [0.2, 0.25) is 0 Å².